The van der Waals surface area contributed by atoms with Crippen molar-refractivity contribution in [3.8, 4) is 5.75 Å². The number of rotatable bonds is 6. The van der Waals surface area contributed by atoms with Gasteiger partial charge in [0, 0.05) is 38.4 Å². The molecular weight excluding hydrogens is 423 g/mol. The van der Waals surface area contributed by atoms with Crippen molar-refractivity contribution in [2.75, 3.05) is 44.9 Å². The lowest BCUT2D eigenvalue weighted by Crippen LogP contribution is -2.36. The maximum Gasteiger partial charge on any atom is 0.260 e. The molecule has 1 aliphatic heterocycles. The molecule has 0 aromatic heterocycles. The Hall–Kier alpha value is -1.66. The minimum absolute atomic E-state index is 0.139. The second-order valence-electron chi connectivity index (χ2n) is 6.50. The van der Waals surface area contributed by atoms with Gasteiger partial charge in [-0.15, -0.1) is 0 Å². The van der Waals surface area contributed by atoms with Crippen LogP contribution in [0.5, 0.6) is 5.75 Å². The summed E-state index contributed by atoms with van der Waals surface area (Å²) in [6.07, 6.45) is 0. The van der Waals surface area contributed by atoms with Gasteiger partial charge in [-0.05, 0) is 23.8 Å². The third-order valence-corrected chi connectivity index (χ3v) is 5.50. The SMILES string of the molecule is CN(Cc1ccc(N2CCOCC2)cc1)C(=O)COc1cc(Cl)c(Cl)cc1Cl. The molecule has 0 N–H and O–H groups in total. The number of nitrogens with zero attached hydrogens (tertiary/aromatic N) is 2. The van der Waals surface area contributed by atoms with E-state index in [4.69, 9.17) is 44.3 Å². The number of halogens is 3. The molecule has 0 aliphatic carbocycles. The Balaban J connectivity index is 1.53. The van der Waals surface area contributed by atoms with Crippen molar-refractivity contribution in [2.45, 2.75) is 6.54 Å². The molecule has 2 aromatic rings. The highest BCUT2D eigenvalue weighted by atomic mass is 35.5. The second kappa shape index (κ2) is 9.70. The van der Waals surface area contributed by atoms with Gasteiger partial charge in [0.2, 0.25) is 0 Å². The van der Waals surface area contributed by atoms with E-state index in [1.54, 1.807) is 11.9 Å². The number of likely N-dealkylation sites (N-methyl/N-ethyl adjacent to an activating group) is 1. The van der Waals surface area contributed by atoms with E-state index < -0.39 is 0 Å². The number of benzene rings is 2. The van der Waals surface area contributed by atoms with Crippen LogP contribution in [0.1, 0.15) is 5.56 Å². The van der Waals surface area contributed by atoms with Crippen LogP contribution in [0.25, 0.3) is 0 Å². The van der Waals surface area contributed by atoms with Crippen LogP contribution in [0.2, 0.25) is 15.1 Å². The van der Waals surface area contributed by atoms with Gasteiger partial charge in [0.05, 0.1) is 28.3 Å². The van der Waals surface area contributed by atoms with Crippen LogP contribution in [0.4, 0.5) is 5.69 Å². The standard InChI is InChI=1S/C20H21Cl3N2O3/c1-24(20(26)13-28-19-11-17(22)16(21)10-18(19)23)12-14-2-4-15(5-3-14)25-6-8-27-9-7-25/h2-5,10-11H,6-9,12-13H2,1H3. The molecule has 8 heteroatoms. The predicted octanol–water partition coefficient (Wildman–Crippen LogP) is 4.52. The van der Waals surface area contributed by atoms with Crippen molar-refractivity contribution in [2.24, 2.45) is 0 Å². The highest BCUT2D eigenvalue weighted by Gasteiger charge is 2.14. The molecule has 1 heterocycles. The molecule has 2 aromatic carbocycles. The average Bonchev–Trinajstić information content (AvgIpc) is 2.70. The fourth-order valence-corrected chi connectivity index (χ4v) is 3.45. The summed E-state index contributed by atoms with van der Waals surface area (Å²) < 4.78 is 10.9. The Morgan fingerprint density at radius 3 is 2.39 bits per heavy atom. The molecule has 0 radical (unpaired) electrons. The minimum atomic E-state index is -0.167. The molecule has 0 unspecified atom stereocenters. The lowest BCUT2D eigenvalue weighted by molar-refractivity contribution is -0.132. The molecule has 1 fully saturated rings. The van der Waals surface area contributed by atoms with Crippen LogP contribution in [0.15, 0.2) is 36.4 Å². The monoisotopic (exact) mass is 442 g/mol. The van der Waals surface area contributed by atoms with Crippen molar-refractivity contribution >= 4 is 46.4 Å². The van der Waals surface area contributed by atoms with Crippen molar-refractivity contribution in [3.05, 3.63) is 57.0 Å². The first-order chi connectivity index (χ1) is 13.4. The molecule has 5 nitrogen and oxygen atoms in total. The molecule has 3 rings (SSSR count). The molecule has 0 saturated carbocycles. The Labute approximate surface area is 179 Å². The van der Waals surface area contributed by atoms with Crippen molar-refractivity contribution in [1.29, 1.82) is 0 Å². The number of carbonyl (C=O) groups is 1. The summed E-state index contributed by atoms with van der Waals surface area (Å²) in [7, 11) is 1.73. The van der Waals surface area contributed by atoms with Gasteiger partial charge in [-0.3, -0.25) is 4.79 Å². The number of carbonyl (C=O) groups excluding carboxylic acids is 1. The van der Waals surface area contributed by atoms with E-state index in [9.17, 15) is 4.79 Å². The molecule has 1 aliphatic rings. The van der Waals surface area contributed by atoms with Crippen molar-refractivity contribution in [1.82, 2.24) is 4.90 Å². The molecule has 1 amide bonds. The van der Waals surface area contributed by atoms with Crippen LogP contribution in [-0.4, -0.2) is 50.8 Å². The number of hydrogen-bond acceptors (Lipinski definition) is 4. The third kappa shape index (κ3) is 5.45. The van der Waals surface area contributed by atoms with Crippen LogP contribution >= 0.6 is 34.8 Å². The van der Waals surface area contributed by atoms with Crippen LogP contribution in [0.3, 0.4) is 0 Å². The van der Waals surface area contributed by atoms with Gasteiger partial charge in [-0.25, -0.2) is 0 Å². The number of hydrogen-bond donors (Lipinski definition) is 0. The third-order valence-electron chi connectivity index (χ3n) is 4.48. The van der Waals surface area contributed by atoms with Crippen molar-refractivity contribution < 1.29 is 14.3 Å². The van der Waals surface area contributed by atoms with Crippen LogP contribution in [0, 0.1) is 0 Å². The normalized spacial score (nSPS) is 14.1. The van der Waals surface area contributed by atoms with E-state index in [-0.39, 0.29) is 12.5 Å². The zero-order valence-electron chi connectivity index (χ0n) is 15.5. The van der Waals surface area contributed by atoms with E-state index in [1.165, 1.54) is 17.8 Å². The average molecular weight is 444 g/mol. The molecule has 150 valence electrons. The number of amides is 1. The Kier molecular flexibility index (Phi) is 7.30. The highest BCUT2D eigenvalue weighted by Crippen LogP contribution is 2.33. The first-order valence-electron chi connectivity index (χ1n) is 8.87. The Bertz CT molecular complexity index is 824. The topological polar surface area (TPSA) is 42.0 Å². The fourth-order valence-electron chi connectivity index (χ4n) is 2.86. The summed E-state index contributed by atoms with van der Waals surface area (Å²) in [5.41, 5.74) is 2.21. The second-order valence-corrected chi connectivity index (χ2v) is 7.72. The van der Waals surface area contributed by atoms with Gasteiger partial charge in [0.1, 0.15) is 5.75 Å². The summed E-state index contributed by atoms with van der Waals surface area (Å²) >= 11 is 17.9. The Morgan fingerprint density at radius 2 is 1.71 bits per heavy atom. The molecule has 0 bridgehead atoms. The smallest absolute Gasteiger partial charge is 0.260 e. The van der Waals surface area contributed by atoms with Crippen LogP contribution in [-0.2, 0) is 16.1 Å². The van der Waals surface area contributed by atoms with E-state index in [0.717, 1.165) is 31.9 Å². The largest absolute Gasteiger partial charge is 0.482 e. The van der Waals surface area contributed by atoms with E-state index in [0.29, 0.717) is 27.4 Å². The zero-order chi connectivity index (χ0) is 20.1. The molecule has 1 saturated heterocycles. The molecule has 28 heavy (non-hydrogen) atoms. The fraction of sp³-hybridized carbons (Fsp3) is 0.350. The van der Waals surface area contributed by atoms with Gasteiger partial charge in [-0.2, -0.15) is 0 Å². The molecule has 0 spiro atoms. The van der Waals surface area contributed by atoms with Gasteiger partial charge in [0.25, 0.3) is 5.91 Å². The zero-order valence-corrected chi connectivity index (χ0v) is 17.7. The number of morpholine rings is 1. The van der Waals surface area contributed by atoms with E-state index in [1.807, 2.05) is 12.1 Å². The van der Waals surface area contributed by atoms with Gasteiger partial charge in [0.15, 0.2) is 6.61 Å². The summed E-state index contributed by atoms with van der Waals surface area (Å²) in [6.45, 7) is 3.64. The summed E-state index contributed by atoms with van der Waals surface area (Å²) in [5.74, 6) is 0.159. The lowest BCUT2D eigenvalue weighted by Gasteiger charge is -2.29. The number of anilines is 1. The summed E-state index contributed by atoms with van der Waals surface area (Å²) in [5, 5.41) is 0.966. The maximum atomic E-state index is 12.4. The summed E-state index contributed by atoms with van der Waals surface area (Å²) in [4.78, 5) is 16.3. The predicted molar refractivity (Wildman–Crippen MR) is 113 cm³/mol. The molecule has 0 atom stereocenters. The molecular formula is C20H21Cl3N2O3. The van der Waals surface area contributed by atoms with Gasteiger partial charge < -0.3 is 19.3 Å². The van der Waals surface area contributed by atoms with Gasteiger partial charge in [-0.1, -0.05) is 46.9 Å². The summed E-state index contributed by atoms with van der Waals surface area (Å²) in [6, 6.07) is 11.2. The van der Waals surface area contributed by atoms with E-state index in [2.05, 4.69) is 17.0 Å². The van der Waals surface area contributed by atoms with Gasteiger partial charge >= 0.3 is 0 Å². The van der Waals surface area contributed by atoms with E-state index >= 15 is 0 Å². The first kappa shape index (κ1) is 21.1. The highest BCUT2D eigenvalue weighted by molar-refractivity contribution is 6.43. The first-order valence-corrected chi connectivity index (χ1v) is 10.0. The van der Waals surface area contributed by atoms with Crippen molar-refractivity contribution in [3.63, 3.8) is 0 Å². The maximum absolute atomic E-state index is 12.4. The minimum Gasteiger partial charge on any atom is -0.482 e. The Morgan fingerprint density at radius 1 is 1.07 bits per heavy atom. The quantitative estimate of drug-likeness (QED) is 0.616. The number of ether oxygens (including phenoxy) is 2. The lowest BCUT2D eigenvalue weighted by atomic mass is 10.1. The van der Waals surface area contributed by atoms with Crippen LogP contribution < -0.4 is 9.64 Å².